The van der Waals surface area contributed by atoms with Crippen molar-refractivity contribution in [3.05, 3.63) is 35.9 Å². The fourth-order valence-electron chi connectivity index (χ4n) is 3.12. The number of carbonyl (C=O) groups is 1. The first-order valence-electron chi connectivity index (χ1n) is 7.52. The van der Waals surface area contributed by atoms with Crippen LogP contribution < -0.4 is 5.73 Å². The van der Waals surface area contributed by atoms with E-state index in [0.29, 0.717) is 18.9 Å². The van der Waals surface area contributed by atoms with Crippen LogP contribution in [0.3, 0.4) is 0 Å². The van der Waals surface area contributed by atoms with Gasteiger partial charge in [-0.2, -0.15) is 0 Å². The summed E-state index contributed by atoms with van der Waals surface area (Å²) in [6.45, 7) is 2.61. The second-order valence-corrected chi connectivity index (χ2v) is 5.86. The summed E-state index contributed by atoms with van der Waals surface area (Å²) in [5, 5.41) is 0. The molecule has 2 aliphatic rings. The van der Waals surface area contributed by atoms with E-state index in [4.69, 9.17) is 5.73 Å². The molecule has 21 heavy (non-hydrogen) atoms. The third-order valence-electron chi connectivity index (χ3n) is 4.50. The second kappa shape index (κ2) is 5.76. The number of likely N-dealkylation sites (tertiary alicyclic amines) is 2. The van der Waals surface area contributed by atoms with E-state index < -0.39 is 0 Å². The van der Waals surface area contributed by atoms with Crippen molar-refractivity contribution in [2.45, 2.75) is 18.9 Å². The van der Waals surface area contributed by atoms with Crippen LogP contribution in [0.25, 0.3) is 0 Å². The van der Waals surface area contributed by atoms with Gasteiger partial charge in [0, 0.05) is 39.0 Å². The predicted molar refractivity (Wildman–Crippen MR) is 82.7 cm³/mol. The highest BCUT2D eigenvalue weighted by Crippen LogP contribution is 2.36. The monoisotopic (exact) mass is 286 g/mol. The SMILES string of the molecule is CN1C(=O)C[C@@H](CN=C(N)N2CCC2)[C@@H]1c1ccccc1. The fraction of sp³-hybridized carbons (Fsp3) is 0.500. The standard InChI is InChI=1S/C16H22N4O/c1-19-14(21)10-13(11-18-16(17)20-8-5-9-20)15(19)12-6-3-2-4-7-12/h2-4,6-7,13,15H,5,8-11H2,1H3,(H2,17,18)/t13-,15-/m0/s1. The number of rotatable bonds is 3. The second-order valence-electron chi connectivity index (χ2n) is 5.86. The van der Waals surface area contributed by atoms with Crippen molar-refractivity contribution in [3.63, 3.8) is 0 Å². The molecule has 1 amide bonds. The summed E-state index contributed by atoms with van der Waals surface area (Å²) in [7, 11) is 1.88. The summed E-state index contributed by atoms with van der Waals surface area (Å²) >= 11 is 0. The number of benzene rings is 1. The summed E-state index contributed by atoms with van der Waals surface area (Å²) in [6, 6.07) is 10.3. The van der Waals surface area contributed by atoms with Crippen LogP contribution in [-0.2, 0) is 4.79 Å². The molecule has 2 atom stereocenters. The van der Waals surface area contributed by atoms with Crippen LogP contribution in [0.2, 0.25) is 0 Å². The average Bonchev–Trinajstić information content (AvgIpc) is 2.71. The van der Waals surface area contributed by atoms with Crippen LogP contribution in [-0.4, -0.2) is 48.3 Å². The van der Waals surface area contributed by atoms with E-state index in [1.54, 1.807) is 0 Å². The topological polar surface area (TPSA) is 61.9 Å². The van der Waals surface area contributed by atoms with Crippen LogP contribution in [0, 0.1) is 5.92 Å². The van der Waals surface area contributed by atoms with Crippen LogP contribution >= 0.6 is 0 Å². The van der Waals surface area contributed by atoms with Crippen molar-refractivity contribution in [1.82, 2.24) is 9.80 Å². The molecular weight excluding hydrogens is 264 g/mol. The molecule has 0 radical (unpaired) electrons. The van der Waals surface area contributed by atoms with Gasteiger partial charge in [0.15, 0.2) is 5.96 Å². The van der Waals surface area contributed by atoms with E-state index in [1.165, 1.54) is 12.0 Å². The lowest BCUT2D eigenvalue weighted by atomic mass is 9.94. The molecule has 0 aromatic heterocycles. The molecule has 2 heterocycles. The number of hydrogen-bond acceptors (Lipinski definition) is 2. The molecule has 0 bridgehead atoms. The van der Waals surface area contributed by atoms with Crippen LogP contribution in [0.1, 0.15) is 24.4 Å². The normalized spacial score (nSPS) is 26.1. The molecule has 5 heteroatoms. The Hall–Kier alpha value is -2.04. The Kier molecular flexibility index (Phi) is 3.82. The Morgan fingerprint density at radius 1 is 1.33 bits per heavy atom. The Balaban J connectivity index is 1.74. The molecule has 0 unspecified atom stereocenters. The van der Waals surface area contributed by atoms with Gasteiger partial charge in [0.2, 0.25) is 5.91 Å². The van der Waals surface area contributed by atoms with E-state index in [2.05, 4.69) is 22.0 Å². The third kappa shape index (κ3) is 2.73. The van der Waals surface area contributed by atoms with Crippen molar-refractivity contribution >= 4 is 11.9 Å². The number of aliphatic imine (C=N–C) groups is 1. The molecule has 1 aromatic carbocycles. The van der Waals surface area contributed by atoms with Crippen molar-refractivity contribution in [1.29, 1.82) is 0 Å². The Labute approximate surface area is 125 Å². The minimum Gasteiger partial charge on any atom is -0.370 e. The molecule has 0 spiro atoms. The third-order valence-corrected chi connectivity index (χ3v) is 4.50. The molecule has 1 aromatic rings. The number of carbonyl (C=O) groups excluding carboxylic acids is 1. The molecular formula is C16H22N4O. The first kappa shape index (κ1) is 13.9. The Bertz CT molecular complexity index is 538. The number of amides is 1. The van der Waals surface area contributed by atoms with Crippen molar-refractivity contribution in [2.24, 2.45) is 16.6 Å². The van der Waals surface area contributed by atoms with Gasteiger partial charge in [-0.1, -0.05) is 30.3 Å². The maximum Gasteiger partial charge on any atom is 0.223 e. The minimum atomic E-state index is 0.103. The zero-order valence-corrected chi connectivity index (χ0v) is 12.4. The lowest BCUT2D eigenvalue weighted by Gasteiger charge is -2.32. The van der Waals surface area contributed by atoms with Crippen molar-refractivity contribution in [2.75, 3.05) is 26.7 Å². The maximum absolute atomic E-state index is 12.0. The first-order chi connectivity index (χ1) is 10.2. The van der Waals surface area contributed by atoms with Crippen LogP contribution in [0.5, 0.6) is 0 Å². The Morgan fingerprint density at radius 3 is 2.67 bits per heavy atom. The summed E-state index contributed by atoms with van der Waals surface area (Å²) < 4.78 is 0. The number of nitrogens with two attached hydrogens (primary N) is 1. The zero-order valence-electron chi connectivity index (χ0n) is 12.4. The van der Waals surface area contributed by atoms with Gasteiger partial charge in [0.05, 0.1) is 6.04 Å². The Morgan fingerprint density at radius 2 is 2.05 bits per heavy atom. The number of guanidine groups is 1. The quantitative estimate of drug-likeness (QED) is 0.671. The first-order valence-corrected chi connectivity index (χ1v) is 7.52. The zero-order chi connectivity index (χ0) is 14.8. The van der Waals surface area contributed by atoms with E-state index in [0.717, 1.165) is 13.1 Å². The minimum absolute atomic E-state index is 0.103. The maximum atomic E-state index is 12.0. The molecule has 2 fully saturated rings. The van der Waals surface area contributed by atoms with Crippen molar-refractivity contribution in [3.8, 4) is 0 Å². The summed E-state index contributed by atoms with van der Waals surface area (Å²) in [6.07, 6.45) is 1.74. The smallest absolute Gasteiger partial charge is 0.223 e. The molecule has 112 valence electrons. The average molecular weight is 286 g/mol. The number of nitrogens with zero attached hydrogens (tertiary/aromatic N) is 3. The highest BCUT2D eigenvalue weighted by atomic mass is 16.2. The molecule has 3 rings (SSSR count). The lowest BCUT2D eigenvalue weighted by molar-refractivity contribution is -0.127. The fourth-order valence-corrected chi connectivity index (χ4v) is 3.12. The van der Waals surface area contributed by atoms with Gasteiger partial charge in [0.25, 0.3) is 0 Å². The van der Waals surface area contributed by atoms with Gasteiger partial charge < -0.3 is 15.5 Å². The van der Waals surface area contributed by atoms with E-state index in [-0.39, 0.29) is 17.9 Å². The molecule has 0 aliphatic carbocycles. The molecule has 2 aliphatic heterocycles. The lowest BCUT2D eigenvalue weighted by Crippen LogP contribution is -2.46. The molecule has 2 saturated heterocycles. The van der Waals surface area contributed by atoms with E-state index in [1.807, 2.05) is 30.1 Å². The van der Waals surface area contributed by atoms with Gasteiger partial charge >= 0.3 is 0 Å². The summed E-state index contributed by atoms with van der Waals surface area (Å²) in [4.78, 5) is 20.5. The predicted octanol–water partition coefficient (Wildman–Crippen LogP) is 1.23. The number of hydrogen-bond donors (Lipinski definition) is 1. The van der Waals surface area contributed by atoms with Crippen LogP contribution in [0.15, 0.2) is 35.3 Å². The molecule has 2 N–H and O–H groups in total. The van der Waals surface area contributed by atoms with Gasteiger partial charge in [-0.15, -0.1) is 0 Å². The van der Waals surface area contributed by atoms with Gasteiger partial charge in [-0.3, -0.25) is 9.79 Å². The molecule has 0 saturated carbocycles. The largest absolute Gasteiger partial charge is 0.370 e. The van der Waals surface area contributed by atoms with Crippen LogP contribution in [0.4, 0.5) is 0 Å². The van der Waals surface area contributed by atoms with E-state index in [9.17, 15) is 4.79 Å². The molecule has 5 nitrogen and oxygen atoms in total. The van der Waals surface area contributed by atoms with E-state index >= 15 is 0 Å². The summed E-state index contributed by atoms with van der Waals surface area (Å²) in [5.41, 5.74) is 7.16. The van der Waals surface area contributed by atoms with Crippen molar-refractivity contribution < 1.29 is 4.79 Å². The van der Waals surface area contributed by atoms with Gasteiger partial charge in [-0.05, 0) is 12.0 Å². The van der Waals surface area contributed by atoms with Gasteiger partial charge in [-0.25, -0.2) is 0 Å². The summed E-state index contributed by atoms with van der Waals surface area (Å²) in [5.74, 6) is 1.01. The highest BCUT2D eigenvalue weighted by Gasteiger charge is 2.38. The highest BCUT2D eigenvalue weighted by molar-refractivity contribution is 5.80. The van der Waals surface area contributed by atoms with Gasteiger partial charge in [0.1, 0.15) is 0 Å².